The maximum absolute atomic E-state index is 13.5. The van der Waals surface area contributed by atoms with Gasteiger partial charge in [-0.05, 0) is 73.0 Å². The van der Waals surface area contributed by atoms with E-state index >= 15 is 0 Å². The summed E-state index contributed by atoms with van der Waals surface area (Å²) in [5.41, 5.74) is 1.12. The predicted molar refractivity (Wildman–Crippen MR) is 97.1 cm³/mol. The van der Waals surface area contributed by atoms with Crippen molar-refractivity contribution in [3.05, 3.63) is 63.9 Å². The van der Waals surface area contributed by atoms with Crippen LogP contribution in [0.1, 0.15) is 38.1 Å². The summed E-state index contributed by atoms with van der Waals surface area (Å²) in [6.45, 7) is 5.60. The quantitative estimate of drug-likeness (QED) is 0.578. The van der Waals surface area contributed by atoms with Crippen LogP contribution in [0.3, 0.4) is 0 Å². The van der Waals surface area contributed by atoms with Crippen molar-refractivity contribution in [2.45, 2.75) is 38.0 Å². The van der Waals surface area contributed by atoms with Gasteiger partial charge < -0.3 is 0 Å². The first-order valence-corrected chi connectivity index (χ1v) is 9.51. The van der Waals surface area contributed by atoms with Crippen molar-refractivity contribution in [2.75, 3.05) is 0 Å². The number of thiol groups is 1. The minimum Gasteiger partial charge on any atom is -0.258 e. The molecule has 1 heterocycles. The molecule has 1 aromatic carbocycles. The summed E-state index contributed by atoms with van der Waals surface area (Å²) >= 11 is 3.43. The Morgan fingerprint density at radius 2 is 1.88 bits per heavy atom. The second-order valence-electron chi connectivity index (χ2n) is 6.50. The first kappa shape index (κ1) is 19.1. The van der Waals surface area contributed by atoms with Gasteiger partial charge in [-0.2, -0.15) is 0 Å². The maximum Gasteiger partial charge on any atom is 0.147 e. The average molecular weight is 418 g/mol. The minimum absolute atomic E-state index is 0.265. The number of hydrogen-bond donors (Lipinski definition) is 1. The third-order valence-electron chi connectivity index (χ3n) is 3.36. The van der Waals surface area contributed by atoms with E-state index in [0.29, 0.717) is 11.3 Å². The van der Waals surface area contributed by atoms with Gasteiger partial charge >= 0.3 is 0 Å². The molecule has 0 bridgehead atoms. The maximum atomic E-state index is 13.5. The van der Waals surface area contributed by atoms with Crippen LogP contribution in [0.4, 0.5) is 8.78 Å². The second-order valence-corrected chi connectivity index (χ2v) is 9.54. The van der Waals surface area contributed by atoms with Crippen molar-refractivity contribution in [3.8, 4) is 0 Å². The largest absolute Gasteiger partial charge is 0.258 e. The smallest absolute Gasteiger partial charge is 0.147 e. The van der Waals surface area contributed by atoms with Crippen molar-refractivity contribution in [1.29, 1.82) is 0 Å². The van der Waals surface area contributed by atoms with E-state index in [-0.39, 0.29) is 6.42 Å². The number of nitrogens with zero attached hydrogens (tertiary/aromatic N) is 1. The Morgan fingerprint density at radius 3 is 2.42 bits per heavy atom. The standard InChI is InChI=1S/C17H19BrF2N2OS/c1-17(2,3)24(23)22-15(16-14(18)5-4-6-21-16)9-11-7-12(19)10-13(20)8-11/h4-8,10,15H,9H2,1-3H3,(H,22,23)/p+1/t15-,24?/m0/s1. The topological polar surface area (TPSA) is 42.0 Å². The van der Waals surface area contributed by atoms with Gasteiger partial charge in [0.15, 0.2) is 0 Å². The molecule has 0 amide bonds. The Kier molecular flexibility index (Phi) is 6.22. The normalized spacial score (nSPS) is 14.4. The molecule has 0 aliphatic carbocycles. The van der Waals surface area contributed by atoms with E-state index in [0.717, 1.165) is 10.5 Å². The summed E-state index contributed by atoms with van der Waals surface area (Å²) in [7, 11) is -1.76. The lowest BCUT2D eigenvalue weighted by Crippen LogP contribution is -2.36. The zero-order valence-corrected chi connectivity index (χ0v) is 16.2. The third kappa shape index (κ3) is 5.16. The van der Waals surface area contributed by atoms with Crippen LogP contribution in [0.15, 0.2) is 41.0 Å². The zero-order chi connectivity index (χ0) is 17.9. The molecule has 0 saturated heterocycles. The lowest BCUT2D eigenvalue weighted by atomic mass is 10.0. The first-order chi connectivity index (χ1) is 11.2. The molecular formula is C17H20BrF2N2OS+. The zero-order valence-electron chi connectivity index (χ0n) is 13.7. The van der Waals surface area contributed by atoms with Gasteiger partial charge in [0, 0.05) is 16.7 Å². The molecule has 0 spiro atoms. The van der Waals surface area contributed by atoms with E-state index in [9.17, 15) is 13.0 Å². The molecule has 1 unspecified atom stereocenters. The van der Waals surface area contributed by atoms with Crippen LogP contribution in [0.25, 0.3) is 0 Å². The van der Waals surface area contributed by atoms with Crippen molar-refractivity contribution in [1.82, 2.24) is 9.71 Å². The SMILES string of the molecule is CC(C)(C)[SH+](=O)N[C@@H](Cc1cc(F)cc(F)c1)c1ncccc1Br. The van der Waals surface area contributed by atoms with Crippen LogP contribution in [0, 0.1) is 11.6 Å². The highest BCUT2D eigenvalue weighted by atomic mass is 79.9. The Morgan fingerprint density at radius 1 is 1.25 bits per heavy atom. The molecule has 1 aromatic heterocycles. The van der Waals surface area contributed by atoms with Crippen LogP contribution < -0.4 is 4.72 Å². The Hall–Kier alpha value is -1.18. The Balaban J connectivity index is 2.35. The van der Waals surface area contributed by atoms with Crippen LogP contribution in [-0.4, -0.2) is 9.73 Å². The molecule has 24 heavy (non-hydrogen) atoms. The summed E-state index contributed by atoms with van der Waals surface area (Å²) in [6, 6.07) is 6.55. The first-order valence-electron chi connectivity index (χ1n) is 7.46. The Bertz CT molecular complexity index is 729. The number of rotatable bonds is 5. The van der Waals surface area contributed by atoms with Crippen LogP contribution >= 0.6 is 15.9 Å². The minimum atomic E-state index is -1.76. The summed E-state index contributed by atoms with van der Waals surface area (Å²) in [4.78, 5) is 4.33. The van der Waals surface area contributed by atoms with E-state index in [1.54, 1.807) is 12.3 Å². The lowest BCUT2D eigenvalue weighted by Gasteiger charge is -2.20. The van der Waals surface area contributed by atoms with Gasteiger partial charge in [-0.15, -0.1) is 4.72 Å². The number of nitrogens with one attached hydrogen (secondary N) is 1. The summed E-state index contributed by atoms with van der Waals surface area (Å²) < 4.78 is 42.8. The molecular weight excluding hydrogens is 398 g/mol. The van der Waals surface area contributed by atoms with E-state index in [4.69, 9.17) is 0 Å². The molecule has 0 fully saturated rings. The van der Waals surface area contributed by atoms with Crippen molar-refractivity contribution in [3.63, 3.8) is 0 Å². The van der Waals surface area contributed by atoms with Crippen LogP contribution in [-0.2, 0) is 21.6 Å². The van der Waals surface area contributed by atoms with Crippen LogP contribution in [0.2, 0.25) is 0 Å². The molecule has 3 nitrogen and oxygen atoms in total. The van der Waals surface area contributed by atoms with Gasteiger partial charge in [0.1, 0.15) is 27.4 Å². The number of aromatic nitrogens is 1. The van der Waals surface area contributed by atoms with E-state index < -0.39 is 33.4 Å². The van der Waals surface area contributed by atoms with E-state index in [1.165, 1.54) is 12.1 Å². The van der Waals surface area contributed by atoms with Crippen molar-refractivity contribution >= 4 is 26.9 Å². The number of pyridine rings is 1. The predicted octanol–water partition coefficient (Wildman–Crippen LogP) is 4.41. The van der Waals surface area contributed by atoms with Gasteiger partial charge in [-0.3, -0.25) is 4.98 Å². The fraction of sp³-hybridized carbons (Fsp3) is 0.353. The average Bonchev–Trinajstić information content (AvgIpc) is 2.45. The van der Waals surface area contributed by atoms with E-state index in [1.807, 2.05) is 26.8 Å². The molecule has 2 atom stereocenters. The molecule has 0 radical (unpaired) electrons. The van der Waals surface area contributed by atoms with Crippen molar-refractivity contribution < 1.29 is 13.0 Å². The molecule has 130 valence electrons. The lowest BCUT2D eigenvalue weighted by molar-refractivity contribution is 0.541. The molecule has 1 N–H and O–H groups in total. The monoisotopic (exact) mass is 417 g/mol. The number of hydrogen-bond acceptors (Lipinski definition) is 2. The number of halogens is 3. The highest BCUT2D eigenvalue weighted by Gasteiger charge is 2.30. The molecule has 0 aliphatic rings. The highest BCUT2D eigenvalue weighted by molar-refractivity contribution is 9.10. The van der Waals surface area contributed by atoms with Gasteiger partial charge in [-0.1, -0.05) is 4.21 Å². The highest BCUT2D eigenvalue weighted by Crippen LogP contribution is 2.26. The van der Waals surface area contributed by atoms with Gasteiger partial charge in [-0.25, -0.2) is 8.78 Å². The number of benzene rings is 1. The molecule has 2 rings (SSSR count). The summed E-state index contributed by atoms with van der Waals surface area (Å²) in [5, 5.41) is 0. The Labute approximate surface area is 151 Å². The van der Waals surface area contributed by atoms with Gasteiger partial charge in [0.2, 0.25) is 0 Å². The van der Waals surface area contributed by atoms with Gasteiger partial charge in [0.25, 0.3) is 0 Å². The molecule has 2 aromatic rings. The van der Waals surface area contributed by atoms with Gasteiger partial charge in [0.05, 0.1) is 11.7 Å². The fourth-order valence-corrected chi connectivity index (χ4v) is 3.57. The molecule has 7 heteroatoms. The summed E-state index contributed by atoms with van der Waals surface area (Å²) in [5.74, 6) is -1.27. The van der Waals surface area contributed by atoms with Crippen LogP contribution in [0.5, 0.6) is 0 Å². The molecule has 0 aliphatic heterocycles. The summed E-state index contributed by atoms with van der Waals surface area (Å²) in [6.07, 6.45) is 1.90. The van der Waals surface area contributed by atoms with Crippen molar-refractivity contribution in [2.24, 2.45) is 0 Å². The second kappa shape index (κ2) is 7.80. The van der Waals surface area contributed by atoms with E-state index in [2.05, 4.69) is 25.6 Å². The fourth-order valence-electron chi connectivity index (χ4n) is 2.16. The molecule has 0 saturated carbocycles. The third-order valence-corrected chi connectivity index (χ3v) is 5.80.